The highest BCUT2D eigenvalue weighted by atomic mass is 16.5. The Morgan fingerprint density at radius 3 is 2.58 bits per heavy atom. The topological polar surface area (TPSA) is 140 Å². The summed E-state index contributed by atoms with van der Waals surface area (Å²) in [5.74, 6) is -1.32. The Morgan fingerprint density at radius 2 is 1.88 bits per heavy atom. The number of anilines is 1. The summed E-state index contributed by atoms with van der Waals surface area (Å²) in [6, 6.07) is 12.7. The summed E-state index contributed by atoms with van der Waals surface area (Å²) in [5, 5.41) is 17.5. The number of benzene rings is 2. The molecule has 4 atom stereocenters. The monoisotopic (exact) mass is 587 g/mol. The van der Waals surface area contributed by atoms with Gasteiger partial charge in [-0.1, -0.05) is 58.0 Å². The quantitative estimate of drug-likeness (QED) is 0.342. The third-order valence-electron chi connectivity index (χ3n) is 9.33. The van der Waals surface area contributed by atoms with Crippen LogP contribution in [0.2, 0.25) is 0 Å². The van der Waals surface area contributed by atoms with Crippen molar-refractivity contribution in [2.45, 2.75) is 76.7 Å². The summed E-state index contributed by atoms with van der Waals surface area (Å²) in [6.07, 6.45) is -0.00736. The zero-order valence-electron chi connectivity index (χ0n) is 25.0. The van der Waals surface area contributed by atoms with Gasteiger partial charge in [-0.05, 0) is 48.4 Å². The maximum atomic E-state index is 13.9. The number of nitrogens with one attached hydrogen (secondary N) is 2. The fourth-order valence-corrected chi connectivity index (χ4v) is 6.71. The number of nitrogens with zero attached hydrogens (tertiary/aromatic N) is 1. The molecule has 0 fully saturated rings. The molecule has 1 aromatic heterocycles. The van der Waals surface area contributed by atoms with E-state index in [4.69, 9.17) is 13.9 Å². The molecule has 1 amide bonds. The molecule has 0 aliphatic carbocycles. The van der Waals surface area contributed by atoms with Crippen molar-refractivity contribution < 1.29 is 33.4 Å². The van der Waals surface area contributed by atoms with E-state index in [-0.39, 0.29) is 60.6 Å². The van der Waals surface area contributed by atoms with Gasteiger partial charge in [-0.15, -0.1) is 0 Å². The van der Waals surface area contributed by atoms with Crippen molar-refractivity contribution in [1.82, 2.24) is 10.3 Å². The summed E-state index contributed by atoms with van der Waals surface area (Å²) in [5.41, 5.74) is 0.662. The number of para-hydroxylation sites is 1. The van der Waals surface area contributed by atoms with Gasteiger partial charge in [0.05, 0.1) is 7.11 Å². The fourth-order valence-electron chi connectivity index (χ4n) is 6.71. The Labute approximate surface area is 250 Å². The molecule has 3 N–H and O–H groups in total. The van der Waals surface area contributed by atoms with Gasteiger partial charge >= 0.3 is 5.97 Å². The zero-order chi connectivity index (χ0) is 30.7. The molecular formula is C33H37N3O7. The van der Waals surface area contributed by atoms with Crippen LogP contribution in [0.25, 0.3) is 0 Å². The van der Waals surface area contributed by atoms with Crippen molar-refractivity contribution >= 4 is 23.3 Å². The van der Waals surface area contributed by atoms with Crippen LogP contribution in [-0.2, 0) is 26.2 Å². The summed E-state index contributed by atoms with van der Waals surface area (Å²) < 4.78 is 18.2. The van der Waals surface area contributed by atoms with Crippen LogP contribution in [0.1, 0.15) is 91.8 Å². The van der Waals surface area contributed by atoms with Crippen LogP contribution in [-0.4, -0.2) is 46.7 Å². The second-order valence-corrected chi connectivity index (χ2v) is 12.0. The molecule has 0 saturated heterocycles. The lowest BCUT2D eigenvalue weighted by Gasteiger charge is -2.29. The van der Waals surface area contributed by atoms with Crippen molar-refractivity contribution in [1.29, 1.82) is 0 Å². The SMILES string of the molecule is CCC(O)(CC)C(=O)CC1Cc2ccc3c(c2)C2(c4ccccc4N[C@H]2O3)c2oc(nc2C(=O)OC)[C@H](C(C)C)NC1=O. The van der Waals surface area contributed by atoms with E-state index in [1.807, 2.05) is 56.3 Å². The van der Waals surface area contributed by atoms with E-state index in [1.165, 1.54) is 7.11 Å². The number of Topliss-reactive ketones (excluding diaryl/α,β-unsaturated/α-hetero) is 1. The van der Waals surface area contributed by atoms with Gasteiger partial charge in [-0.2, -0.15) is 0 Å². The molecule has 0 saturated carbocycles. The number of rotatable bonds is 7. The number of hydrogen-bond acceptors (Lipinski definition) is 9. The van der Waals surface area contributed by atoms with Gasteiger partial charge in [0.1, 0.15) is 22.8 Å². The number of fused-ring (bicyclic) bond motifs is 4. The number of ether oxygens (including phenoxy) is 2. The number of hydrogen-bond donors (Lipinski definition) is 3. The first kappa shape index (κ1) is 28.9. The van der Waals surface area contributed by atoms with Crippen molar-refractivity contribution in [3.63, 3.8) is 0 Å². The summed E-state index contributed by atoms with van der Waals surface area (Å²) in [6.45, 7) is 7.36. The number of esters is 1. The fraction of sp³-hybridized carbons (Fsp3) is 0.455. The number of aromatic nitrogens is 1. The van der Waals surface area contributed by atoms with E-state index in [0.717, 1.165) is 22.4 Å². The van der Waals surface area contributed by atoms with Crippen LogP contribution in [0.3, 0.4) is 0 Å². The molecule has 226 valence electrons. The molecule has 3 aromatic rings. The smallest absolute Gasteiger partial charge is 0.360 e. The lowest BCUT2D eigenvalue weighted by molar-refractivity contribution is -0.141. The first-order chi connectivity index (χ1) is 20.6. The first-order valence-corrected chi connectivity index (χ1v) is 14.9. The molecule has 1 spiro atoms. The van der Waals surface area contributed by atoms with Crippen LogP contribution >= 0.6 is 0 Å². The predicted octanol–water partition coefficient (Wildman–Crippen LogP) is 4.44. The average molecular weight is 588 g/mol. The molecule has 4 heterocycles. The minimum absolute atomic E-state index is 0.00434. The molecule has 3 aliphatic rings. The molecule has 10 heteroatoms. The Morgan fingerprint density at radius 1 is 1.14 bits per heavy atom. The van der Waals surface area contributed by atoms with Gasteiger partial charge in [-0.25, -0.2) is 9.78 Å². The van der Waals surface area contributed by atoms with Gasteiger partial charge in [0.25, 0.3) is 0 Å². The normalized spacial score (nSPS) is 23.7. The number of carbonyl (C=O) groups excluding carboxylic acids is 3. The van der Waals surface area contributed by atoms with E-state index >= 15 is 0 Å². The minimum atomic E-state index is -1.50. The maximum absolute atomic E-state index is 13.9. The largest absolute Gasteiger partial charge is 0.469 e. The number of oxazole rings is 1. The molecule has 43 heavy (non-hydrogen) atoms. The number of amides is 1. The van der Waals surface area contributed by atoms with E-state index in [9.17, 15) is 19.5 Å². The van der Waals surface area contributed by atoms with Gasteiger partial charge in [0.2, 0.25) is 11.8 Å². The maximum Gasteiger partial charge on any atom is 0.360 e. The molecular weight excluding hydrogens is 550 g/mol. The highest BCUT2D eigenvalue weighted by molar-refractivity contribution is 5.92. The zero-order valence-corrected chi connectivity index (χ0v) is 25.0. The highest BCUT2D eigenvalue weighted by Gasteiger charge is 2.61. The number of carbonyl (C=O) groups is 3. The number of methoxy groups -OCH3 is 1. The third-order valence-corrected chi connectivity index (χ3v) is 9.33. The van der Waals surface area contributed by atoms with Crippen molar-refractivity contribution in [3.8, 4) is 5.75 Å². The third kappa shape index (κ3) is 4.33. The van der Waals surface area contributed by atoms with E-state index < -0.39 is 35.2 Å². The molecule has 2 unspecified atom stereocenters. The highest BCUT2D eigenvalue weighted by Crippen LogP contribution is 2.58. The summed E-state index contributed by atoms with van der Waals surface area (Å²) in [7, 11) is 1.29. The average Bonchev–Trinajstić information content (AvgIpc) is 3.67. The molecule has 6 rings (SSSR count). The van der Waals surface area contributed by atoms with Gasteiger partial charge in [0.15, 0.2) is 23.5 Å². The first-order valence-electron chi connectivity index (χ1n) is 14.9. The van der Waals surface area contributed by atoms with Crippen LogP contribution in [0.5, 0.6) is 5.75 Å². The Hall–Kier alpha value is -4.18. The summed E-state index contributed by atoms with van der Waals surface area (Å²) >= 11 is 0. The Balaban J connectivity index is 1.59. The second-order valence-electron chi connectivity index (χ2n) is 12.0. The molecule has 0 radical (unpaired) electrons. The lowest BCUT2D eigenvalue weighted by Crippen LogP contribution is -2.43. The minimum Gasteiger partial charge on any atom is -0.469 e. The Kier molecular flexibility index (Phi) is 7.07. The number of ketones is 1. The molecule has 4 bridgehead atoms. The Bertz CT molecular complexity index is 1610. The van der Waals surface area contributed by atoms with Gasteiger partial charge < -0.3 is 29.6 Å². The molecule has 10 nitrogen and oxygen atoms in total. The van der Waals surface area contributed by atoms with Crippen LogP contribution in [0.15, 0.2) is 46.9 Å². The van der Waals surface area contributed by atoms with E-state index in [2.05, 4.69) is 15.6 Å². The standard InChI is InChI=1S/C33H37N3O7/c1-6-32(40,7-2)24(37)16-19-14-18-12-13-23-21(15-18)33(20-10-8-9-11-22(20)34-31(33)42-23)27-26(30(39)41-5)36-29(43-27)25(17(3)4)35-28(19)38/h8-13,15,17,19,25,31,34,40H,6-7,14,16H2,1-5H3,(H,35,38)/t19?,25-,31-,33?/m0/s1. The van der Waals surface area contributed by atoms with Crippen molar-refractivity contribution in [2.75, 3.05) is 12.4 Å². The van der Waals surface area contributed by atoms with E-state index in [1.54, 1.807) is 13.8 Å². The molecule has 3 aliphatic heterocycles. The van der Waals surface area contributed by atoms with Crippen LogP contribution < -0.4 is 15.4 Å². The van der Waals surface area contributed by atoms with Gasteiger partial charge in [-0.3, -0.25) is 9.59 Å². The van der Waals surface area contributed by atoms with Crippen molar-refractivity contribution in [3.05, 3.63) is 76.5 Å². The number of aliphatic hydroxyl groups is 1. The van der Waals surface area contributed by atoms with E-state index in [0.29, 0.717) is 5.75 Å². The second kappa shape index (κ2) is 10.5. The summed E-state index contributed by atoms with van der Waals surface area (Å²) in [4.78, 5) is 45.2. The van der Waals surface area contributed by atoms with Crippen LogP contribution in [0, 0.1) is 11.8 Å². The van der Waals surface area contributed by atoms with Crippen LogP contribution in [0.4, 0.5) is 5.69 Å². The molecule has 2 aromatic carbocycles. The lowest BCUT2D eigenvalue weighted by atomic mass is 9.72. The van der Waals surface area contributed by atoms with Crippen molar-refractivity contribution in [2.24, 2.45) is 11.8 Å². The van der Waals surface area contributed by atoms with Gasteiger partial charge in [0, 0.05) is 23.6 Å². The predicted molar refractivity (Wildman–Crippen MR) is 157 cm³/mol.